The minimum atomic E-state index is -4.38. The first-order chi connectivity index (χ1) is 6.62. The maximum atomic E-state index is 11.7. The summed E-state index contributed by atoms with van der Waals surface area (Å²) in [6, 6.07) is 1.02. The second-order valence-electron chi connectivity index (χ2n) is 4.21. The molecule has 0 aliphatic heterocycles. The van der Waals surface area contributed by atoms with Gasteiger partial charge in [0.2, 0.25) is 5.09 Å². The quantitative estimate of drug-likeness (QED) is 0.620. The van der Waals surface area contributed by atoms with E-state index in [1.54, 1.807) is 20.8 Å². The van der Waals surface area contributed by atoms with Crippen molar-refractivity contribution in [3.05, 3.63) is 17.9 Å². The maximum absolute atomic E-state index is 11.7. The summed E-state index contributed by atoms with van der Waals surface area (Å²) in [6.45, 7) is 5.11. The fourth-order valence-corrected chi connectivity index (χ4v) is 1.45. The highest BCUT2D eigenvalue weighted by Crippen LogP contribution is 2.23. The number of hydrogen-bond donors (Lipinski definition) is 1. The Balaban J connectivity index is 3.12. The smallest absolute Gasteiger partial charge is 0.328 e. The Morgan fingerprint density at radius 1 is 1.40 bits per heavy atom. The van der Waals surface area contributed by atoms with Gasteiger partial charge >= 0.3 is 10.1 Å². The van der Waals surface area contributed by atoms with Crippen LogP contribution in [0.3, 0.4) is 0 Å². The second kappa shape index (κ2) is 3.46. The third-order valence-corrected chi connectivity index (χ3v) is 2.50. The van der Waals surface area contributed by atoms with Crippen LogP contribution in [0.2, 0.25) is 0 Å². The lowest BCUT2D eigenvalue weighted by atomic mass is 9.88. The van der Waals surface area contributed by atoms with E-state index >= 15 is 0 Å². The van der Waals surface area contributed by atoms with Crippen LogP contribution in [-0.4, -0.2) is 18.8 Å². The summed E-state index contributed by atoms with van der Waals surface area (Å²) in [6.07, 6.45) is 1.02. The maximum Gasteiger partial charge on any atom is 0.328 e. The van der Waals surface area contributed by atoms with Crippen LogP contribution in [-0.2, 0) is 10.1 Å². The monoisotopic (exact) mass is 232 g/mol. The lowest BCUT2D eigenvalue weighted by Gasteiger charge is -2.14. The van der Waals surface area contributed by atoms with Gasteiger partial charge in [-0.25, -0.2) is 0 Å². The average Bonchev–Trinajstić information content (AvgIpc) is 2.47. The van der Waals surface area contributed by atoms with E-state index in [1.165, 1.54) is 0 Å². The number of Topliss-reactive ketones (excluding diaryl/α,β-unsaturated/α-hetero) is 1. The van der Waals surface area contributed by atoms with E-state index in [-0.39, 0.29) is 11.3 Å². The Morgan fingerprint density at radius 3 is 2.27 bits per heavy atom. The predicted octanol–water partition coefficient (Wildman–Crippen LogP) is 1.76. The molecule has 0 saturated heterocycles. The standard InChI is InChI=1S/C9H12O5S/c1-9(2,3)8(10)6-4-7(14-5-6)15(11,12)13/h4-5H,1-3H3,(H,11,12,13). The predicted molar refractivity (Wildman–Crippen MR) is 52.3 cm³/mol. The molecule has 1 heterocycles. The number of ketones is 1. The van der Waals surface area contributed by atoms with Gasteiger partial charge in [0, 0.05) is 11.5 Å². The highest BCUT2D eigenvalue weighted by atomic mass is 32.2. The van der Waals surface area contributed by atoms with Gasteiger partial charge in [0.1, 0.15) is 6.26 Å². The Hall–Kier alpha value is -1.14. The van der Waals surface area contributed by atoms with E-state index in [4.69, 9.17) is 4.55 Å². The zero-order valence-corrected chi connectivity index (χ0v) is 9.46. The van der Waals surface area contributed by atoms with Gasteiger partial charge in [0.25, 0.3) is 0 Å². The van der Waals surface area contributed by atoms with Crippen LogP contribution < -0.4 is 0 Å². The molecule has 0 atom stereocenters. The van der Waals surface area contributed by atoms with E-state index in [0.29, 0.717) is 0 Å². The summed E-state index contributed by atoms with van der Waals surface area (Å²) in [5.41, 5.74) is -0.490. The molecule has 1 rings (SSSR count). The van der Waals surface area contributed by atoms with Gasteiger partial charge in [-0.1, -0.05) is 20.8 Å². The molecule has 0 spiro atoms. The van der Waals surface area contributed by atoms with Crippen molar-refractivity contribution in [1.82, 2.24) is 0 Å². The van der Waals surface area contributed by atoms with Crippen molar-refractivity contribution in [3.63, 3.8) is 0 Å². The molecule has 1 aromatic heterocycles. The molecule has 0 bridgehead atoms. The van der Waals surface area contributed by atoms with E-state index < -0.39 is 20.6 Å². The molecule has 6 heteroatoms. The molecular formula is C9H12O5S. The third kappa shape index (κ3) is 2.66. The molecule has 0 fully saturated rings. The minimum absolute atomic E-state index is 0.134. The molecule has 84 valence electrons. The summed E-state index contributed by atoms with van der Waals surface area (Å²) in [7, 11) is -4.38. The van der Waals surface area contributed by atoms with Crippen LogP contribution in [0.4, 0.5) is 0 Å². The molecule has 0 aromatic carbocycles. The number of carbonyl (C=O) groups excluding carboxylic acids is 1. The van der Waals surface area contributed by atoms with E-state index in [9.17, 15) is 13.2 Å². The lowest BCUT2D eigenvalue weighted by Crippen LogP contribution is -2.19. The van der Waals surface area contributed by atoms with Gasteiger partial charge in [-0.05, 0) is 0 Å². The first kappa shape index (κ1) is 11.9. The van der Waals surface area contributed by atoms with Gasteiger partial charge in [-0.15, -0.1) is 0 Å². The van der Waals surface area contributed by atoms with Crippen LogP contribution in [0, 0.1) is 5.41 Å². The lowest BCUT2D eigenvalue weighted by molar-refractivity contribution is 0.0857. The number of rotatable bonds is 2. The summed E-state index contributed by atoms with van der Waals surface area (Å²) < 4.78 is 34.6. The summed E-state index contributed by atoms with van der Waals surface area (Å²) in [5.74, 6) is -0.249. The molecule has 5 nitrogen and oxygen atoms in total. The minimum Gasteiger partial charge on any atom is -0.450 e. The van der Waals surface area contributed by atoms with Crippen molar-refractivity contribution in [2.24, 2.45) is 5.41 Å². The molecule has 0 amide bonds. The largest absolute Gasteiger partial charge is 0.450 e. The molecule has 0 radical (unpaired) electrons. The Labute approximate surface area is 87.8 Å². The fourth-order valence-electron chi connectivity index (χ4n) is 1.00. The van der Waals surface area contributed by atoms with Gasteiger partial charge in [0.15, 0.2) is 5.78 Å². The first-order valence-corrected chi connectivity index (χ1v) is 5.67. The molecule has 0 saturated carbocycles. The van der Waals surface area contributed by atoms with Crippen molar-refractivity contribution < 1.29 is 22.2 Å². The molecule has 15 heavy (non-hydrogen) atoms. The van der Waals surface area contributed by atoms with Crippen molar-refractivity contribution in [3.8, 4) is 0 Å². The highest BCUT2D eigenvalue weighted by Gasteiger charge is 2.26. The molecule has 0 aliphatic rings. The number of furan rings is 1. The molecule has 0 aliphatic carbocycles. The van der Waals surface area contributed by atoms with Crippen LogP contribution in [0.15, 0.2) is 21.8 Å². The average molecular weight is 232 g/mol. The summed E-state index contributed by atoms with van der Waals surface area (Å²) in [4.78, 5) is 11.7. The zero-order chi connectivity index (χ0) is 11.9. The number of hydrogen-bond acceptors (Lipinski definition) is 4. The van der Waals surface area contributed by atoms with Crippen LogP contribution in [0.5, 0.6) is 0 Å². The Morgan fingerprint density at radius 2 is 1.93 bits per heavy atom. The van der Waals surface area contributed by atoms with Gasteiger partial charge in [-0.2, -0.15) is 8.42 Å². The van der Waals surface area contributed by atoms with Gasteiger partial charge in [-0.3, -0.25) is 9.35 Å². The fraction of sp³-hybridized carbons (Fsp3) is 0.444. The topological polar surface area (TPSA) is 84.6 Å². The van der Waals surface area contributed by atoms with Crippen molar-refractivity contribution >= 4 is 15.9 Å². The van der Waals surface area contributed by atoms with E-state index in [0.717, 1.165) is 12.3 Å². The second-order valence-corrected chi connectivity index (χ2v) is 5.56. The van der Waals surface area contributed by atoms with Crippen LogP contribution >= 0.6 is 0 Å². The van der Waals surface area contributed by atoms with Crippen LogP contribution in [0.25, 0.3) is 0 Å². The summed E-state index contributed by atoms with van der Waals surface area (Å²) >= 11 is 0. The SMILES string of the molecule is CC(C)(C)C(=O)c1coc(S(=O)(=O)O)c1. The molecular weight excluding hydrogens is 220 g/mol. The normalized spacial score (nSPS) is 12.8. The van der Waals surface area contributed by atoms with Crippen molar-refractivity contribution in [2.75, 3.05) is 0 Å². The molecule has 1 N–H and O–H groups in total. The Kier molecular flexibility index (Phi) is 2.75. The molecule has 1 aromatic rings. The van der Waals surface area contributed by atoms with Crippen molar-refractivity contribution in [2.45, 2.75) is 25.9 Å². The van der Waals surface area contributed by atoms with E-state index in [1.807, 2.05) is 0 Å². The summed E-state index contributed by atoms with van der Waals surface area (Å²) in [5, 5.41) is -0.616. The first-order valence-electron chi connectivity index (χ1n) is 4.23. The number of carbonyl (C=O) groups is 1. The highest BCUT2D eigenvalue weighted by molar-refractivity contribution is 7.85. The van der Waals surface area contributed by atoms with Gasteiger partial charge in [0.05, 0.1) is 5.56 Å². The van der Waals surface area contributed by atoms with E-state index in [2.05, 4.69) is 4.42 Å². The third-order valence-electron chi connectivity index (χ3n) is 1.77. The van der Waals surface area contributed by atoms with Crippen LogP contribution in [0.1, 0.15) is 31.1 Å². The zero-order valence-electron chi connectivity index (χ0n) is 8.64. The molecule has 0 unspecified atom stereocenters. The van der Waals surface area contributed by atoms with Gasteiger partial charge < -0.3 is 4.42 Å². The van der Waals surface area contributed by atoms with Crippen molar-refractivity contribution in [1.29, 1.82) is 0 Å². The Bertz CT molecular complexity index is 475.